The molecule has 0 heterocycles. The second-order valence-electron chi connectivity index (χ2n) is 4.44. The van der Waals surface area contributed by atoms with E-state index in [4.69, 9.17) is 18.0 Å². The predicted molar refractivity (Wildman–Crippen MR) is 80.8 cm³/mol. The Bertz CT molecular complexity index is 623. The minimum absolute atomic E-state index is 0.0211. The van der Waals surface area contributed by atoms with Crippen LogP contribution in [0.5, 0.6) is 0 Å². The van der Waals surface area contributed by atoms with Gasteiger partial charge in [-0.25, -0.2) is 8.78 Å². The van der Waals surface area contributed by atoms with Crippen LogP contribution < -0.4 is 10.6 Å². The average molecular weight is 292 g/mol. The predicted octanol–water partition coefficient (Wildman–Crippen LogP) is 3.24. The Morgan fingerprint density at radius 2 is 1.70 bits per heavy atom. The first-order valence-corrected chi connectivity index (χ1v) is 6.44. The third kappa shape index (κ3) is 2.93. The molecule has 5 heteroatoms. The van der Waals surface area contributed by atoms with Gasteiger partial charge in [-0.05, 0) is 24.3 Å². The summed E-state index contributed by atoms with van der Waals surface area (Å²) in [4.78, 5) is 1.97. The molecule has 2 nitrogen and oxygen atoms in total. The van der Waals surface area contributed by atoms with Crippen LogP contribution in [0.4, 0.5) is 14.5 Å². The van der Waals surface area contributed by atoms with Gasteiger partial charge in [-0.1, -0.05) is 30.4 Å². The highest BCUT2D eigenvalue weighted by Crippen LogP contribution is 2.22. The number of halogens is 2. The Morgan fingerprint density at radius 1 is 1.10 bits per heavy atom. The minimum Gasteiger partial charge on any atom is -0.389 e. The fourth-order valence-electron chi connectivity index (χ4n) is 2.02. The molecule has 104 valence electrons. The second-order valence-corrected chi connectivity index (χ2v) is 4.88. The zero-order chi connectivity index (χ0) is 14.7. The Labute approximate surface area is 121 Å². The highest BCUT2D eigenvalue weighted by Gasteiger charge is 2.14. The first kappa shape index (κ1) is 14.4. The number of nitrogens with zero attached hydrogens (tertiary/aromatic N) is 1. The van der Waals surface area contributed by atoms with Crippen molar-refractivity contribution < 1.29 is 8.78 Å². The number of anilines is 1. The number of hydrogen-bond donors (Lipinski definition) is 1. The van der Waals surface area contributed by atoms with E-state index in [0.29, 0.717) is 5.56 Å². The van der Waals surface area contributed by atoms with Gasteiger partial charge in [0, 0.05) is 30.4 Å². The van der Waals surface area contributed by atoms with Crippen molar-refractivity contribution in [1.82, 2.24) is 0 Å². The topological polar surface area (TPSA) is 29.3 Å². The van der Waals surface area contributed by atoms with Gasteiger partial charge in [0.05, 0.1) is 0 Å². The SMILES string of the molecule is CN(Cc1c(F)cccc1F)c1ccccc1C(N)=S. The van der Waals surface area contributed by atoms with Gasteiger partial charge in [0.2, 0.25) is 0 Å². The van der Waals surface area contributed by atoms with E-state index in [1.807, 2.05) is 18.2 Å². The lowest BCUT2D eigenvalue weighted by molar-refractivity contribution is 0.553. The summed E-state index contributed by atoms with van der Waals surface area (Å²) >= 11 is 4.99. The van der Waals surface area contributed by atoms with E-state index in [9.17, 15) is 8.78 Å². The van der Waals surface area contributed by atoms with Gasteiger partial charge < -0.3 is 10.6 Å². The second kappa shape index (κ2) is 5.96. The van der Waals surface area contributed by atoms with Gasteiger partial charge in [-0.2, -0.15) is 0 Å². The smallest absolute Gasteiger partial charge is 0.131 e. The van der Waals surface area contributed by atoms with Gasteiger partial charge >= 0.3 is 0 Å². The van der Waals surface area contributed by atoms with Crippen LogP contribution in [0.15, 0.2) is 42.5 Å². The van der Waals surface area contributed by atoms with Crippen molar-refractivity contribution in [2.45, 2.75) is 6.54 Å². The van der Waals surface area contributed by atoms with Crippen molar-refractivity contribution in [3.63, 3.8) is 0 Å². The molecule has 0 bridgehead atoms. The third-order valence-corrected chi connectivity index (χ3v) is 3.26. The average Bonchev–Trinajstić information content (AvgIpc) is 2.43. The molecule has 20 heavy (non-hydrogen) atoms. The quantitative estimate of drug-likeness (QED) is 0.877. The zero-order valence-electron chi connectivity index (χ0n) is 10.9. The fraction of sp³-hybridized carbons (Fsp3) is 0.133. The van der Waals surface area contributed by atoms with E-state index in [1.165, 1.54) is 18.2 Å². The largest absolute Gasteiger partial charge is 0.389 e. The van der Waals surface area contributed by atoms with Crippen molar-refractivity contribution in [3.05, 3.63) is 65.2 Å². The van der Waals surface area contributed by atoms with Crippen molar-refractivity contribution in [2.75, 3.05) is 11.9 Å². The van der Waals surface area contributed by atoms with Gasteiger partial charge in [-0.15, -0.1) is 0 Å². The van der Waals surface area contributed by atoms with Crippen LogP contribution in [-0.2, 0) is 6.54 Å². The molecule has 0 fully saturated rings. The summed E-state index contributed by atoms with van der Waals surface area (Å²) in [7, 11) is 1.74. The van der Waals surface area contributed by atoms with E-state index in [1.54, 1.807) is 18.0 Å². The summed E-state index contributed by atoms with van der Waals surface area (Å²) in [6.07, 6.45) is 0. The minimum atomic E-state index is -0.565. The van der Waals surface area contributed by atoms with E-state index in [2.05, 4.69) is 0 Å². The van der Waals surface area contributed by atoms with E-state index < -0.39 is 11.6 Å². The van der Waals surface area contributed by atoms with Crippen LogP contribution in [-0.4, -0.2) is 12.0 Å². The first-order valence-electron chi connectivity index (χ1n) is 6.03. The lowest BCUT2D eigenvalue weighted by Crippen LogP contribution is -2.22. The van der Waals surface area contributed by atoms with Crippen molar-refractivity contribution >= 4 is 22.9 Å². The van der Waals surface area contributed by atoms with Crippen LogP contribution in [0.3, 0.4) is 0 Å². The summed E-state index contributed by atoms with van der Waals surface area (Å²) in [5.41, 5.74) is 7.10. The zero-order valence-corrected chi connectivity index (χ0v) is 11.8. The Balaban J connectivity index is 2.34. The van der Waals surface area contributed by atoms with Gasteiger partial charge in [-0.3, -0.25) is 0 Å². The molecule has 2 aromatic rings. The van der Waals surface area contributed by atoms with Gasteiger partial charge in [0.25, 0.3) is 0 Å². The van der Waals surface area contributed by atoms with Gasteiger partial charge in [0.1, 0.15) is 16.6 Å². The maximum Gasteiger partial charge on any atom is 0.131 e. The Hall–Kier alpha value is -2.01. The number of hydrogen-bond acceptors (Lipinski definition) is 2. The summed E-state index contributed by atoms with van der Waals surface area (Å²) in [5, 5.41) is 0. The molecular weight excluding hydrogens is 278 g/mol. The molecule has 0 radical (unpaired) electrons. The van der Waals surface area contributed by atoms with Gasteiger partial charge in [0.15, 0.2) is 0 Å². The van der Waals surface area contributed by atoms with Crippen LogP contribution in [0.1, 0.15) is 11.1 Å². The molecule has 0 spiro atoms. The molecule has 0 aromatic heterocycles. The van der Waals surface area contributed by atoms with Crippen LogP contribution in [0.2, 0.25) is 0 Å². The van der Waals surface area contributed by atoms with Crippen molar-refractivity contribution in [2.24, 2.45) is 5.73 Å². The third-order valence-electron chi connectivity index (χ3n) is 3.04. The molecule has 0 saturated heterocycles. The van der Waals surface area contributed by atoms with E-state index >= 15 is 0 Å². The molecule has 2 N–H and O–H groups in total. The number of thiocarbonyl (C=S) groups is 1. The maximum absolute atomic E-state index is 13.7. The molecular formula is C15H14F2N2S. The lowest BCUT2D eigenvalue weighted by Gasteiger charge is -2.22. The summed E-state index contributed by atoms with van der Waals surface area (Å²) in [6, 6.07) is 11.1. The molecule has 2 rings (SSSR count). The highest BCUT2D eigenvalue weighted by molar-refractivity contribution is 7.80. The molecule has 0 aliphatic heterocycles. The number of rotatable bonds is 4. The monoisotopic (exact) mass is 292 g/mol. The molecule has 0 saturated carbocycles. The van der Waals surface area contributed by atoms with Crippen molar-refractivity contribution in [3.8, 4) is 0 Å². The first-order chi connectivity index (χ1) is 9.50. The summed E-state index contributed by atoms with van der Waals surface area (Å²) < 4.78 is 27.3. The lowest BCUT2D eigenvalue weighted by atomic mass is 10.1. The molecule has 0 aliphatic carbocycles. The number of nitrogens with two attached hydrogens (primary N) is 1. The molecule has 0 unspecified atom stereocenters. The molecule has 2 aromatic carbocycles. The number of para-hydroxylation sites is 1. The van der Waals surface area contributed by atoms with E-state index in [-0.39, 0.29) is 17.1 Å². The van der Waals surface area contributed by atoms with Crippen LogP contribution in [0, 0.1) is 11.6 Å². The molecule has 0 amide bonds. The summed E-state index contributed by atoms with van der Waals surface area (Å²) in [5.74, 6) is -1.13. The van der Waals surface area contributed by atoms with Crippen LogP contribution in [0.25, 0.3) is 0 Å². The molecule has 0 aliphatic rings. The van der Waals surface area contributed by atoms with Crippen LogP contribution >= 0.6 is 12.2 Å². The maximum atomic E-state index is 13.7. The number of benzene rings is 2. The standard InChI is InChI=1S/C15H14F2N2S/c1-19(9-11-12(16)6-4-7-13(11)17)14-8-3-2-5-10(14)15(18)20/h2-8H,9H2,1H3,(H2,18,20). The normalized spacial score (nSPS) is 10.3. The highest BCUT2D eigenvalue weighted by atomic mass is 32.1. The van der Waals surface area contributed by atoms with Crippen molar-refractivity contribution in [1.29, 1.82) is 0 Å². The van der Waals surface area contributed by atoms with E-state index in [0.717, 1.165) is 5.69 Å². The Morgan fingerprint density at radius 3 is 2.30 bits per heavy atom. The molecule has 0 atom stereocenters. The fourth-order valence-corrected chi connectivity index (χ4v) is 2.19. The Kier molecular flexibility index (Phi) is 4.29. The summed E-state index contributed by atoms with van der Waals surface area (Å²) in [6.45, 7) is 0.0954.